The van der Waals surface area contributed by atoms with E-state index in [4.69, 9.17) is 4.74 Å². The van der Waals surface area contributed by atoms with Crippen LogP contribution in [-0.4, -0.2) is 11.1 Å². The highest BCUT2D eigenvalue weighted by Gasteiger charge is 2.30. The Morgan fingerprint density at radius 3 is 1.36 bits per heavy atom. The lowest BCUT2D eigenvalue weighted by atomic mass is 10.6. The Morgan fingerprint density at radius 1 is 1.18 bits per heavy atom. The molecule has 0 N–H and O–H groups in total. The van der Waals surface area contributed by atoms with Crippen LogP contribution < -0.4 is 0 Å². The van der Waals surface area contributed by atoms with E-state index < -0.39 is 12.2 Å². The monoisotopic (exact) mass is 236 g/mol. The Hall–Kier alpha value is -0.100. The van der Waals surface area contributed by atoms with Crippen LogP contribution in [-0.2, 0) is 4.74 Å². The average Bonchev–Trinajstić information content (AvgIpc) is 2.46. The lowest BCUT2D eigenvalue weighted by Gasteiger charge is -1.69. The summed E-state index contributed by atoms with van der Waals surface area (Å²) in [6.45, 7) is 2.03. The van der Waals surface area contributed by atoms with Crippen molar-refractivity contribution in [3.63, 3.8) is 0 Å². The van der Waals surface area contributed by atoms with Gasteiger partial charge in [-0.2, -0.15) is 17.6 Å². The molecule has 1 nitrogen and oxygen atoms in total. The molecule has 66 valence electrons. The molecule has 1 fully saturated rings. The minimum atomic E-state index is -2.91. The van der Waals surface area contributed by atoms with Gasteiger partial charge >= 0.3 is 12.2 Å². The van der Waals surface area contributed by atoms with Gasteiger partial charge in [0.05, 0.1) is 6.10 Å². The standard InChI is InChI=1S/C3H5BrO.C2F4/c1-2-3(4)5-2;3-1(4)2(5)6/h2-3H,1H3;. The van der Waals surface area contributed by atoms with E-state index in [1.165, 1.54) is 0 Å². The molecule has 1 rings (SSSR count). The molecular formula is C5H5BrF4O. The lowest BCUT2D eigenvalue weighted by molar-refractivity contribution is 0.308. The largest absolute Gasteiger partial charge is 0.358 e. The number of epoxide rings is 1. The third-order valence-electron chi connectivity index (χ3n) is 0.780. The van der Waals surface area contributed by atoms with Gasteiger partial charge in [0.25, 0.3) is 0 Å². The molecular weight excluding hydrogens is 232 g/mol. The van der Waals surface area contributed by atoms with Crippen LogP contribution in [0.3, 0.4) is 0 Å². The number of ether oxygens (including phenoxy) is 1. The van der Waals surface area contributed by atoms with Crippen molar-refractivity contribution in [2.45, 2.75) is 18.0 Å². The molecule has 0 aromatic carbocycles. The second kappa shape index (κ2) is 4.71. The van der Waals surface area contributed by atoms with Gasteiger partial charge in [0.1, 0.15) is 5.01 Å². The zero-order valence-corrected chi connectivity index (χ0v) is 7.04. The number of hydrogen-bond acceptors (Lipinski definition) is 1. The third-order valence-corrected chi connectivity index (χ3v) is 1.74. The van der Waals surface area contributed by atoms with Gasteiger partial charge in [-0.25, -0.2) is 0 Å². The van der Waals surface area contributed by atoms with Crippen molar-refractivity contribution in [1.82, 2.24) is 0 Å². The summed E-state index contributed by atoms with van der Waals surface area (Å²) in [6, 6.07) is 0. The fourth-order valence-corrected chi connectivity index (χ4v) is 0.500. The molecule has 6 heteroatoms. The normalized spacial score (nSPS) is 26.7. The van der Waals surface area contributed by atoms with Crippen LogP contribution >= 0.6 is 15.9 Å². The van der Waals surface area contributed by atoms with Crippen LogP contribution in [0.2, 0.25) is 0 Å². The first-order valence-electron chi connectivity index (χ1n) is 2.61. The van der Waals surface area contributed by atoms with Crippen molar-refractivity contribution in [1.29, 1.82) is 0 Å². The first-order valence-corrected chi connectivity index (χ1v) is 3.52. The van der Waals surface area contributed by atoms with E-state index in [-0.39, 0.29) is 0 Å². The van der Waals surface area contributed by atoms with E-state index >= 15 is 0 Å². The van der Waals surface area contributed by atoms with E-state index in [9.17, 15) is 17.6 Å². The number of rotatable bonds is 0. The highest BCUT2D eigenvalue weighted by molar-refractivity contribution is 9.09. The van der Waals surface area contributed by atoms with E-state index in [2.05, 4.69) is 15.9 Å². The molecule has 1 heterocycles. The Kier molecular flexibility index (Phi) is 4.67. The van der Waals surface area contributed by atoms with Gasteiger partial charge in [0.2, 0.25) is 0 Å². The van der Waals surface area contributed by atoms with Crippen molar-refractivity contribution in [2.75, 3.05) is 0 Å². The molecule has 0 bridgehead atoms. The average molecular weight is 237 g/mol. The quantitative estimate of drug-likeness (QED) is 0.358. The Morgan fingerprint density at radius 2 is 1.36 bits per heavy atom. The summed E-state index contributed by atoms with van der Waals surface area (Å²) < 4.78 is 46.0. The van der Waals surface area contributed by atoms with Crippen molar-refractivity contribution in [3.05, 3.63) is 12.2 Å². The summed E-state index contributed by atoms with van der Waals surface area (Å²) in [6.07, 6.45) is -5.35. The second-order valence-corrected chi connectivity index (χ2v) is 2.62. The van der Waals surface area contributed by atoms with Crippen LogP contribution in [0, 0.1) is 0 Å². The van der Waals surface area contributed by atoms with Crippen LogP contribution in [0.5, 0.6) is 0 Å². The topological polar surface area (TPSA) is 12.5 Å². The lowest BCUT2D eigenvalue weighted by Crippen LogP contribution is -1.68. The predicted octanol–water partition coefficient (Wildman–Crippen LogP) is 3.12. The molecule has 11 heavy (non-hydrogen) atoms. The molecule has 0 aromatic rings. The molecule has 0 aromatic heterocycles. The Balaban J connectivity index is 0.000000183. The number of halogens is 5. The van der Waals surface area contributed by atoms with E-state index in [0.717, 1.165) is 0 Å². The molecule has 1 saturated heterocycles. The van der Waals surface area contributed by atoms with Gasteiger partial charge < -0.3 is 4.74 Å². The Labute approximate surface area is 69.2 Å². The fourth-order valence-electron chi connectivity index (χ4n) is 0.160. The smallest absolute Gasteiger partial charge is 0.334 e. The van der Waals surface area contributed by atoms with Gasteiger partial charge in [0.15, 0.2) is 0 Å². The summed E-state index contributed by atoms with van der Waals surface area (Å²) >= 11 is 3.23. The van der Waals surface area contributed by atoms with E-state index in [0.29, 0.717) is 11.1 Å². The maximum absolute atomic E-state index is 10.3. The fraction of sp³-hybridized carbons (Fsp3) is 0.600. The zero-order chi connectivity index (χ0) is 9.02. The van der Waals surface area contributed by atoms with Gasteiger partial charge in [-0.1, -0.05) is 15.9 Å². The molecule has 1 aliphatic heterocycles. The summed E-state index contributed by atoms with van der Waals surface area (Å²) in [7, 11) is 0. The SMILES string of the molecule is CC1OC1Br.FC(F)=C(F)F. The molecule has 0 aliphatic carbocycles. The first-order chi connectivity index (χ1) is 4.95. The van der Waals surface area contributed by atoms with Gasteiger partial charge in [-0.15, -0.1) is 0 Å². The molecule has 2 atom stereocenters. The molecule has 0 amide bonds. The molecule has 0 spiro atoms. The molecule has 2 unspecified atom stereocenters. The maximum atomic E-state index is 10.3. The van der Waals surface area contributed by atoms with Gasteiger partial charge in [-0.05, 0) is 6.92 Å². The number of hydrogen-bond donors (Lipinski definition) is 0. The van der Waals surface area contributed by atoms with E-state index in [1.807, 2.05) is 6.92 Å². The minimum Gasteiger partial charge on any atom is -0.358 e. The van der Waals surface area contributed by atoms with Gasteiger partial charge in [-0.3, -0.25) is 0 Å². The predicted molar refractivity (Wildman–Crippen MR) is 34.7 cm³/mol. The minimum absolute atomic E-state index is 0.363. The molecule has 0 saturated carbocycles. The zero-order valence-electron chi connectivity index (χ0n) is 5.45. The van der Waals surface area contributed by atoms with Crippen LogP contribution in [0.1, 0.15) is 6.92 Å². The second-order valence-electron chi connectivity index (χ2n) is 1.71. The Bertz CT molecular complexity index is 137. The van der Waals surface area contributed by atoms with Crippen molar-refractivity contribution >= 4 is 15.9 Å². The molecule has 1 aliphatic rings. The molecule has 0 radical (unpaired) electrons. The highest BCUT2D eigenvalue weighted by atomic mass is 79.9. The summed E-state index contributed by atoms with van der Waals surface area (Å²) in [4.78, 5) is 0. The third kappa shape index (κ3) is 6.30. The van der Waals surface area contributed by atoms with Crippen molar-refractivity contribution in [2.24, 2.45) is 0 Å². The van der Waals surface area contributed by atoms with Crippen molar-refractivity contribution < 1.29 is 22.3 Å². The maximum Gasteiger partial charge on any atom is 0.334 e. The van der Waals surface area contributed by atoms with Crippen LogP contribution in [0.4, 0.5) is 17.6 Å². The van der Waals surface area contributed by atoms with Gasteiger partial charge in [0, 0.05) is 0 Å². The van der Waals surface area contributed by atoms with Crippen LogP contribution in [0.25, 0.3) is 0 Å². The summed E-state index contributed by atoms with van der Waals surface area (Å²) in [5.74, 6) is 0. The highest BCUT2D eigenvalue weighted by Crippen LogP contribution is 2.25. The van der Waals surface area contributed by atoms with Crippen molar-refractivity contribution in [3.8, 4) is 0 Å². The van der Waals surface area contributed by atoms with E-state index in [1.54, 1.807) is 0 Å². The summed E-state index contributed by atoms with van der Waals surface area (Å²) in [5, 5.41) is 0.363. The van der Waals surface area contributed by atoms with Crippen LogP contribution in [0.15, 0.2) is 12.2 Å². The first kappa shape index (κ1) is 10.9. The summed E-state index contributed by atoms with van der Waals surface area (Å²) in [5.41, 5.74) is 0. The number of alkyl halides is 1.